The minimum Gasteiger partial charge on any atom is -0.454 e. The Kier molecular flexibility index (Phi) is 3.70. The first-order valence-corrected chi connectivity index (χ1v) is 7.71. The van der Waals surface area contributed by atoms with Crippen molar-refractivity contribution in [2.24, 2.45) is 7.05 Å². The maximum Gasteiger partial charge on any atom is 0.231 e. The molecular weight excluding hydrogens is 308 g/mol. The van der Waals surface area contributed by atoms with E-state index in [1.807, 2.05) is 35.9 Å². The predicted octanol–water partition coefficient (Wildman–Crippen LogP) is 2.42. The molecule has 1 N–H and O–H groups in total. The molecule has 0 bridgehead atoms. The molecule has 0 saturated heterocycles. The molecule has 0 fully saturated rings. The number of aromatic nitrogens is 3. The van der Waals surface area contributed by atoms with Crippen molar-refractivity contribution in [1.82, 2.24) is 14.5 Å². The SMILES string of the molecule is COCCNc1nc2cnc(-c3ccc4c(c3)OCO4)cc2n1C. The summed E-state index contributed by atoms with van der Waals surface area (Å²) in [5, 5.41) is 3.26. The van der Waals surface area contributed by atoms with Crippen molar-refractivity contribution in [1.29, 1.82) is 0 Å². The zero-order valence-corrected chi connectivity index (χ0v) is 13.6. The van der Waals surface area contributed by atoms with Crippen LogP contribution in [0.5, 0.6) is 11.5 Å². The fourth-order valence-corrected chi connectivity index (χ4v) is 2.73. The van der Waals surface area contributed by atoms with E-state index in [9.17, 15) is 0 Å². The van der Waals surface area contributed by atoms with Gasteiger partial charge in [0, 0.05) is 26.3 Å². The van der Waals surface area contributed by atoms with Gasteiger partial charge in [-0.3, -0.25) is 4.98 Å². The zero-order valence-electron chi connectivity index (χ0n) is 13.6. The molecule has 24 heavy (non-hydrogen) atoms. The molecule has 3 aromatic rings. The number of methoxy groups -OCH3 is 1. The lowest BCUT2D eigenvalue weighted by molar-refractivity contribution is 0.174. The lowest BCUT2D eigenvalue weighted by Crippen LogP contribution is -2.10. The molecule has 0 radical (unpaired) electrons. The first kappa shape index (κ1) is 14.8. The van der Waals surface area contributed by atoms with Crippen molar-refractivity contribution in [3.05, 3.63) is 30.5 Å². The average Bonchev–Trinajstić information content (AvgIpc) is 3.19. The number of anilines is 1. The summed E-state index contributed by atoms with van der Waals surface area (Å²) in [6.45, 7) is 1.60. The number of rotatable bonds is 5. The van der Waals surface area contributed by atoms with E-state index in [1.165, 1.54) is 0 Å². The molecule has 124 valence electrons. The van der Waals surface area contributed by atoms with Crippen molar-refractivity contribution < 1.29 is 14.2 Å². The lowest BCUT2D eigenvalue weighted by Gasteiger charge is -2.06. The Bertz CT molecular complexity index is 891. The summed E-state index contributed by atoms with van der Waals surface area (Å²) in [5.74, 6) is 2.32. The molecule has 1 aromatic carbocycles. The van der Waals surface area contributed by atoms with Crippen molar-refractivity contribution in [2.75, 3.05) is 32.4 Å². The van der Waals surface area contributed by atoms with Gasteiger partial charge in [-0.2, -0.15) is 0 Å². The van der Waals surface area contributed by atoms with Gasteiger partial charge in [-0.25, -0.2) is 4.98 Å². The summed E-state index contributed by atoms with van der Waals surface area (Å²) in [6.07, 6.45) is 1.79. The van der Waals surface area contributed by atoms with Gasteiger partial charge in [0.15, 0.2) is 11.5 Å². The van der Waals surface area contributed by atoms with E-state index in [0.29, 0.717) is 13.2 Å². The van der Waals surface area contributed by atoms with Crippen LogP contribution in [0.1, 0.15) is 0 Å². The monoisotopic (exact) mass is 326 g/mol. The molecule has 0 atom stereocenters. The number of benzene rings is 1. The van der Waals surface area contributed by atoms with Crippen LogP contribution in [0.25, 0.3) is 22.3 Å². The molecule has 1 aliphatic rings. The second-order valence-corrected chi connectivity index (χ2v) is 5.54. The Hall–Kier alpha value is -2.80. The maximum absolute atomic E-state index is 5.44. The Morgan fingerprint density at radius 2 is 2.12 bits per heavy atom. The summed E-state index contributed by atoms with van der Waals surface area (Å²) < 4.78 is 17.9. The number of nitrogens with one attached hydrogen (secondary N) is 1. The standard InChI is InChI=1S/C17H18N4O3/c1-21-14-8-12(11-3-4-15-16(7-11)24-10-23-15)19-9-13(14)20-17(21)18-5-6-22-2/h3-4,7-9H,5-6,10H2,1-2H3,(H,18,20). The first-order valence-electron chi connectivity index (χ1n) is 7.71. The number of ether oxygens (including phenoxy) is 3. The number of hydrogen-bond donors (Lipinski definition) is 1. The highest BCUT2D eigenvalue weighted by molar-refractivity contribution is 5.82. The zero-order chi connectivity index (χ0) is 16.5. The van der Waals surface area contributed by atoms with Gasteiger partial charge in [0.05, 0.1) is 24.0 Å². The average molecular weight is 326 g/mol. The van der Waals surface area contributed by atoms with E-state index in [-0.39, 0.29) is 6.79 Å². The van der Waals surface area contributed by atoms with Crippen LogP contribution in [0.4, 0.5) is 5.95 Å². The summed E-state index contributed by atoms with van der Waals surface area (Å²) in [6, 6.07) is 7.87. The third-order valence-corrected chi connectivity index (χ3v) is 4.02. The van der Waals surface area contributed by atoms with Crippen LogP contribution in [0.15, 0.2) is 30.5 Å². The molecule has 7 heteroatoms. The quantitative estimate of drug-likeness (QED) is 0.726. The summed E-state index contributed by atoms with van der Waals surface area (Å²) in [4.78, 5) is 9.09. The van der Waals surface area contributed by atoms with Gasteiger partial charge < -0.3 is 24.1 Å². The van der Waals surface area contributed by atoms with E-state index < -0.39 is 0 Å². The molecule has 0 unspecified atom stereocenters. The van der Waals surface area contributed by atoms with Gasteiger partial charge in [-0.15, -0.1) is 0 Å². The highest BCUT2D eigenvalue weighted by Crippen LogP contribution is 2.35. The van der Waals surface area contributed by atoms with E-state index in [4.69, 9.17) is 14.2 Å². The van der Waals surface area contributed by atoms with Crippen LogP contribution in [0, 0.1) is 0 Å². The van der Waals surface area contributed by atoms with Crippen LogP contribution in [-0.2, 0) is 11.8 Å². The number of imidazole rings is 1. The minimum atomic E-state index is 0.267. The number of aryl methyl sites for hydroxylation is 1. The topological polar surface area (TPSA) is 70.4 Å². The third kappa shape index (κ3) is 2.52. The Balaban J connectivity index is 1.69. The van der Waals surface area contributed by atoms with Crippen LogP contribution < -0.4 is 14.8 Å². The molecule has 2 aromatic heterocycles. The van der Waals surface area contributed by atoms with Gasteiger partial charge in [0.25, 0.3) is 0 Å². The third-order valence-electron chi connectivity index (χ3n) is 4.02. The van der Waals surface area contributed by atoms with Crippen molar-refractivity contribution in [3.8, 4) is 22.8 Å². The Morgan fingerprint density at radius 1 is 1.25 bits per heavy atom. The van der Waals surface area contributed by atoms with Crippen molar-refractivity contribution in [3.63, 3.8) is 0 Å². The van der Waals surface area contributed by atoms with Crippen LogP contribution in [0.2, 0.25) is 0 Å². The first-order chi connectivity index (χ1) is 11.8. The highest BCUT2D eigenvalue weighted by atomic mass is 16.7. The molecule has 1 aliphatic heterocycles. The Labute approximate surface area is 139 Å². The lowest BCUT2D eigenvalue weighted by atomic mass is 10.1. The predicted molar refractivity (Wildman–Crippen MR) is 90.4 cm³/mol. The molecule has 7 nitrogen and oxygen atoms in total. The highest BCUT2D eigenvalue weighted by Gasteiger charge is 2.15. The maximum atomic E-state index is 5.44. The van der Waals surface area contributed by atoms with Gasteiger partial charge in [-0.1, -0.05) is 0 Å². The molecule has 0 aliphatic carbocycles. The second-order valence-electron chi connectivity index (χ2n) is 5.54. The summed E-state index contributed by atoms with van der Waals surface area (Å²) in [7, 11) is 3.66. The van der Waals surface area contributed by atoms with Gasteiger partial charge >= 0.3 is 0 Å². The van der Waals surface area contributed by atoms with E-state index in [1.54, 1.807) is 13.3 Å². The normalized spacial score (nSPS) is 12.8. The summed E-state index contributed by atoms with van der Waals surface area (Å²) in [5.41, 5.74) is 3.71. The second kappa shape index (κ2) is 6.01. The van der Waals surface area contributed by atoms with Crippen molar-refractivity contribution in [2.45, 2.75) is 0 Å². The minimum absolute atomic E-state index is 0.267. The molecule has 0 spiro atoms. The van der Waals surface area contributed by atoms with Gasteiger partial charge in [0.1, 0.15) is 5.52 Å². The number of pyridine rings is 1. The van der Waals surface area contributed by atoms with Gasteiger partial charge in [0.2, 0.25) is 12.7 Å². The van der Waals surface area contributed by atoms with Crippen LogP contribution in [-0.4, -0.2) is 41.6 Å². The van der Waals surface area contributed by atoms with E-state index >= 15 is 0 Å². The molecule has 0 saturated carbocycles. The van der Waals surface area contributed by atoms with E-state index in [0.717, 1.165) is 39.7 Å². The fourth-order valence-electron chi connectivity index (χ4n) is 2.73. The number of fused-ring (bicyclic) bond motifs is 2. The number of nitrogens with zero attached hydrogens (tertiary/aromatic N) is 3. The van der Waals surface area contributed by atoms with Crippen LogP contribution in [0.3, 0.4) is 0 Å². The molecule has 4 rings (SSSR count). The Morgan fingerprint density at radius 3 is 3.00 bits per heavy atom. The molecule has 3 heterocycles. The molecular formula is C17H18N4O3. The van der Waals surface area contributed by atoms with E-state index in [2.05, 4.69) is 15.3 Å². The van der Waals surface area contributed by atoms with Crippen molar-refractivity contribution >= 4 is 17.0 Å². The molecule has 0 amide bonds. The number of hydrogen-bond acceptors (Lipinski definition) is 6. The summed E-state index contributed by atoms with van der Waals surface area (Å²) >= 11 is 0. The van der Waals surface area contributed by atoms with Gasteiger partial charge in [-0.05, 0) is 24.3 Å². The fraction of sp³-hybridized carbons (Fsp3) is 0.294. The smallest absolute Gasteiger partial charge is 0.231 e. The van der Waals surface area contributed by atoms with Crippen LogP contribution >= 0.6 is 0 Å². The largest absolute Gasteiger partial charge is 0.454 e.